The highest BCUT2D eigenvalue weighted by atomic mass is 35.5. The molecule has 0 aliphatic carbocycles. The largest absolute Gasteiger partial charge is 0.465 e. The van der Waals surface area contributed by atoms with Crippen molar-refractivity contribution in [2.75, 3.05) is 23.7 Å². The van der Waals surface area contributed by atoms with E-state index in [1.165, 1.54) is 11.1 Å². The van der Waals surface area contributed by atoms with Crippen LogP contribution in [0.25, 0.3) is 5.65 Å². The SMILES string of the molecule is O=C(O)N1CCC(Nc2nc(Nc3cnn4ccnc4c3)ncc2Cl)CC1. The van der Waals surface area contributed by atoms with Gasteiger partial charge >= 0.3 is 6.09 Å². The highest BCUT2D eigenvalue weighted by Crippen LogP contribution is 2.24. The Kier molecular flexibility index (Phi) is 4.63. The predicted molar refractivity (Wildman–Crippen MR) is 99.6 cm³/mol. The summed E-state index contributed by atoms with van der Waals surface area (Å²) in [6, 6.07) is 1.93. The van der Waals surface area contributed by atoms with Gasteiger partial charge in [-0.1, -0.05) is 11.6 Å². The van der Waals surface area contributed by atoms with Crippen molar-refractivity contribution in [2.45, 2.75) is 18.9 Å². The summed E-state index contributed by atoms with van der Waals surface area (Å²) in [6.45, 7) is 0.966. The van der Waals surface area contributed by atoms with E-state index >= 15 is 0 Å². The average Bonchev–Trinajstić information content (AvgIpc) is 3.13. The second-order valence-electron chi connectivity index (χ2n) is 6.18. The number of nitrogens with one attached hydrogen (secondary N) is 2. The molecule has 0 spiro atoms. The normalized spacial score (nSPS) is 15.1. The van der Waals surface area contributed by atoms with Gasteiger partial charge in [-0.15, -0.1) is 0 Å². The molecule has 1 fully saturated rings. The number of amides is 1. The minimum Gasteiger partial charge on any atom is -0.465 e. The van der Waals surface area contributed by atoms with Crippen LogP contribution in [0.5, 0.6) is 0 Å². The number of imidazole rings is 1. The Morgan fingerprint density at radius 1 is 1.26 bits per heavy atom. The van der Waals surface area contributed by atoms with E-state index in [0.29, 0.717) is 54.1 Å². The van der Waals surface area contributed by atoms with E-state index in [9.17, 15) is 4.79 Å². The molecular formula is C16H17ClN8O2. The van der Waals surface area contributed by atoms with Gasteiger partial charge in [0.15, 0.2) is 11.5 Å². The van der Waals surface area contributed by atoms with Crippen molar-refractivity contribution in [3.63, 3.8) is 0 Å². The summed E-state index contributed by atoms with van der Waals surface area (Å²) < 4.78 is 1.66. The van der Waals surface area contributed by atoms with Crippen LogP contribution in [-0.4, -0.2) is 59.8 Å². The topological polar surface area (TPSA) is 121 Å². The van der Waals surface area contributed by atoms with Gasteiger partial charge in [-0.2, -0.15) is 10.1 Å². The number of carboxylic acid groups (broad SMARTS) is 1. The minimum atomic E-state index is -0.886. The molecule has 11 heteroatoms. The monoisotopic (exact) mass is 388 g/mol. The first kappa shape index (κ1) is 17.3. The number of nitrogens with zero attached hydrogens (tertiary/aromatic N) is 6. The van der Waals surface area contributed by atoms with Crippen LogP contribution in [0.4, 0.5) is 22.2 Å². The van der Waals surface area contributed by atoms with Gasteiger partial charge < -0.3 is 20.6 Å². The Morgan fingerprint density at radius 2 is 2.07 bits per heavy atom. The quantitative estimate of drug-likeness (QED) is 0.623. The number of halogens is 1. The molecule has 3 aromatic heterocycles. The third kappa shape index (κ3) is 3.85. The van der Waals surface area contributed by atoms with Crippen LogP contribution in [0, 0.1) is 0 Å². The Morgan fingerprint density at radius 3 is 2.85 bits per heavy atom. The predicted octanol–water partition coefficient (Wildman–Crippen LogP) is 2.47. The van der Waals surface area contributed by atoms with E-state index in [1.807, 2.05) is 6.07 Å². The van der Waals surface area contributed by atoms with E-state index in [2.05, 4.69) is 30.7 Å². The summed E-state index contributed by atoms with van der Waals surface area (Å²) in [7, 11) is 0. The average molecular weight is 389 g/mol. The van der Waals surface area contributed by atoms with Crippen LogP contribution in [0.15, 0.2) is 30.9 Å². The zero-order chi connectivity index (χ0) is 18.8. The molecule has 3 N–H and O–H groups in total. The third-order valence-corrected chi connectivity index (χ3v) is 4.64. The Labute approximate surface area is 159 Å². The van der Waals surface area contributed by atoms with Crippen LogP contribution < -0.4 is 10.6 Å². The molecular weight excluding hydrogens is 372 g/mol. The molecule has 0 radical (unpaired) electrons. The fourth-order valence-corrected chi connectivity index (χ4v) is 3.09. The molecule has 3 aromatic rings. The lowest BCUT2D eigenvalue weighted by Gasteiger charge is -2.30. The molecule has 1 amide bonds. The molecule has 4 heterocycles. The first-order chi connectivity index (χ1) is 13.1. The number of carbonyl (C=O) groups is 1. The molecule has 0 bridgehead atoms. The second kappa shape index (κ2) is 7.23. The Hall–Kier alpha value is -3.14. The summed E-state index contributed by atoms with van der Waals surface area (Å²) in [5, 5.41) is 20.0. The van der Waals surface area contributed by atoms with Gasteiger partial charge in [-0.3, -0.25) is 0 Å². The molecule has 0 aromatic carbocycles. The number of anilines is 3. The lowest BCUT2D eigenvalue weighted by atomic mass is 10.1. The maximum absolute atomic E-state index is 11.0. The van der Waals surface area contributed by atoms with Crippen molar-refractivity contribution in [3.05, 3.63) is 35.9 Å². The first-order valence-corrected chi connectivity index (χ1v) is 8.79. The van der Waals surface area contributed by atoms with Crippen molar-refractivity contribution in [2.24, 2.45) is 0 Å². The molecule has 0 atom stereocenters. The van der Waals surface area contributed by atoms with Gasteiger partial charge in [-0.25, -0.2) is 19.3 Å². The van der Waals surface area contributed by atoms with Gasteiger partial charge in [0.2, 0.25) is 5.95 Å². The zero-order valence-electron chi connectivity index (χ0n) is 14.2. The molecule has 27 heavy (non-hydrogen) atoms. The number of piperidine rings is 1. The molecule has 4 rings (SSSR count). The molecule has 10 nitrogen and oxygen atoms in total. The lowest BCUT2D eigenvalue weighted by molar-refractivity contribution is 0.134. The second-order valence-corrected chi connectivity index (χ2v) is 6.58. The van der Waals surface area contributed by atoms with Gasteiger partial charge in [0.05, 0.1) is 18.1 Å². The van der Waals surface area contributed by atoms with Gasteiger partial charge in [-0.05, 0) is 12.8 Å². The molecule has 1 aliphatic rings. The van der Waals surface area contributed by atoms with Crippen molar-refractivity contribution >= 4 is 40.8 Å². The molecule has 1 aliphatic heterocycles. The Bertz CT molecular complexity index is 970. The highest BCUT2D eigenvalue weighted by molar-refractivity contribution is 6.32. The van der Waals surface area contributed by atoms with Crippen LogP contribution in [0.2, 0.25) is 5.02 Å². The van der Waals surface area contributed by atoms with E-state index in [0.717, 1.165) is 0 Å². The van der Waals surface area contributed by atoms with Gasteiger partial charge in [0.1, 0.15) is 5.02 Å². The van der Waals surface area contributed by atoms with Crippen LogP contribution in [0.1, 0.15) is 12.8 Å². The molecule has 0 unspecified atom stereocenters. The minimum absolute atomic E-state index is 0.101. The fourth-order valence-electron chi connectivity index (χ4n) is 2.94. The molecule has 0 saturated carbocycles. The van der Waals surface area contributed by atoms with Crippen molar-refractivity contribution < 1.29 is 9.90 Å². The van der Waals surface area contributed by atoms with Crippen molar-refractivity contribution in [1.29, 1.82) is 0 Å². The van der Waals surface area contributed by atoms with Crippen molar-refractivity contribution in [3.8, 4) is 0 Å². The van der Waals surface area contributed by atoms with Gasteiger partial charge in [0.25, 0.3) is 0 Å². The van der Waals surface area contributed by atoms with Crippen LogP contribution in [0.3, 0.4) is 0 Å². The van der Waals surface area contributed by atoms with Crippen molar-refractivity contribution in [1.82, 2.24) is 29.5 Å². The highest BCUT2D eigenvalue weighted by Gasteiger charge is 2.23. The first-order valence-electron chi connectivity index (χ1n) is 8.42. The molecule has 140 valence electrons. The lowest BCUT2D eigenvalue weighted by Crippen LogP contribution is -2.41. The van der Waals surface area contributed by atoms with E-state index < -0.39 is 6.09 Å². The summed E-state index contributed by atoms with van der Waals surface area (Å²) in [4.78, 5) is 25.2. The third-order valence-electron chi connectivity index (χ3n) is 4.36. The number of likely N-dealkylation sites (tertiary alicyclic amines) is 1. The summed E-state index contributed by atoms with van der Waals surface area (Å²) >= 11 is 6.22. The number of hydrogen-bond acceptors (Lipinski definition) is 7. The fraction of sp³-hybridized carbons (Fsp3) is 0.312. The number of rotatable bonds is 4. The number of fused-ring (bicyclic) bond motifs is 1. The standard InChI is InChI=1S/C16H17ClN8O2/c17-12-9-19-15(22-11-7-13-18-3-6-25(13)20-8-11)23-14(12)21-10-1-4-24(5-2-10)16(26)27/h3,6-10H,1-2,4-5H2,(H,26,27)(H2,19,21,22,23). The summed E-state index contributed by atoms with van der Waals surface area (Å²) in [6.07, 6.45) is 7.10. The van der Waals surface area contributed by atoms with Gasteiger partial charge in [0, 0.05) is 37.6 Å². The smallest absolute Gasteiger partial charge is 0.407 e. The summed E-state index contributed by atoms with van der Waals surface area (Å²) in [5.74, 6) is 0.889. The zero-order valence-corrected chi connectivity index (χ0v) is 15.0. The summed E-state index contributed by atoms with van der Waals surface area (Å²) in [5.41, 5.74) is 1.41. The molecule has 1 saturated heterocycles. The number of aromatic nitrogens is 5. The van der Waals surface area contributed by atoms with E-state index in [-0.39, 0.29) is 6.04 Å². The number of hydrogen-bond donors (Lipinski definition) is 3. The van der Waals surface area contributed by atoms with E-state index in [1.54, 1.807) is 23.1 Å². The van der Waals surface area contributed by atoms with Crippen LogP contribution >= 0.6 is 11.6 Å². The maximum Gasteiger partial charge on any atom is 0.407 e. The van der Waals surface area contributed by atoms with Crippen LogP contribution in [-0.2, 0) is 0 Å². The maximum atomic E-state index is 11.0. The van der Waals surface area contributed by atoms with E-state index in [4.69, 9.17) is 16.7 Å². The Balaban J connectivity index is 1.45.